The zero-order valence-electron chi connectivity index (χ0n) is 19.7. The fourth-order valence-corrected chi connectivity index (χ4v) is 5.52. The molecule has 0 radical (unpaired) electrons. The van der Waals surface area contributed by atoms with Crippen molar-refractivity contribution >= 4 is 62.7 Å². The SMILES string of the molecule is Cc1ccc(-c2csc(NC(=O)C(C)Sc3cccc(NC(=S)Nc4ccccc4)c3)c2C#N)cc1. The first kappa shape index (κ1) is 25.5. The Kier molecular flexibility index (Phi) is 8.39. The van der Waals surface area contributed by atoms with Crippen molar-refractivity contribution in [2.75, 3.05) is 16.0 Å². The third kappa shape index (κ3) is 6.52. The summed E-state index contributed by atoms with van der Waals surface area (Å²) in [6.07, 6.45) is 0. The lowest BCUT2D eigenvalue weighted by Crippen LogP contribution is -2.22. The summed E-state index contributed by atoms with van der Waals surface area (Å²) >= 11 is 8.22. The van der Waals surface area contributed by atoms with Crippen LogP contribution in [0.25, 0.3) is 11.1 Å². The van der Waals surface area contributed by atoms with Crippen LogP contribution in [0, 0.1) is 18.3 Å². The number of hydrogen-bond acceptors (Lipinski definition) is 5. The number of nitrogens with one attached hydrogen (secondary N) is 3. The molecule has 5 nitrogen and oxygen atoms in total. The van der Waals surface area contributed by atoms with Gasteiger partial charge in [0.2, 0.25) is 5.91 Å². The van der Waals surface area contributed by atoms with Gasteiger partial charge in [-0.05, 0) is 62.0 Å². The molecule has 36 heavy (non-hydrogen) atoms. The van der Waals surface area contributed by atoms with Crippen molar-refractivity contribution in [3.05, 3.63) is 95.4 Å². The first-order valence-electron chi connectivity index (χ1n) is 11.2. The van der Waals surface area contributed by atoms with E-state index in [9.17, 15) is 10.1 Å². The van der Waals surface area contributed by atoms with Crippen molar-refractivity contribution in [2.45, 2.75) is 24.0 Å². The molecule has 0 saturated heterocycles. The molecule has 0 bridgehead atoms. The van der Waals surface area contributed by atoms with Gasteiger partial charge in [-0.2, -0.15) is 5.26 Å². The number of rotatable bonds is 7. The Morgan fingerprint density at radius 3 is 2.39 bits per heavy atom. The summed E-state index contributed by atoms with van der Waals surface area (Å²) in [6, 6.07) is 27.7. The molecule has 0 saturated carbocycles. The summed E-state index contributed by atoms with van der Waals surface area (Å²) in [7, 11) is 0. The van der Waals surface area contributed by atoms with E-state index in [2.05, 4.69) is 22.0 Å². The molecular weight excluding hydrogens is 505 g/mol. The van der Waals surface area contributed by atoms with Crippen molar-refractivity contribution in [3.8, 4) is 17.2 Å². The molecule has 1 unspecified atom stereocenters. The summed E-state index contributed by atoms with van der Waals surface area (Å²) in [5, 5.41) is 21.6. The van der Waals surface area contributed by atoms with Crippen LogP contribution in [0.3, 0.4) is 0 Å². The minimum atomic E-state index is -0.369. The summed E-state index contributed by atoms with van der Waals surface area (Å²) in [6.45, 7) is 3.87. The first-order valence-corrected chi connectivity index (χ1v) is 13.4. The van der Waals surface area contributed by atoms with Crippen LogP contribution in [0.2, 0.25) is 0 Å². The van der Waals surface area contributed by atoms with Gasteiger partial charge in [0, 0.05) is 27.2 Å². The second-order valence-corrected chi connectivity index (χ2v) is 10.8. The lowest BCUT2D eigenvalue weighted by atomic mass is 10.0. The minimum Gasteiger partial charge on any atom is -0.332 e. The number of para-hydroxylation sites is 1. The second kappa shape index (κ2) is 11.9. The van der Waals surface area contributed by atoms with Gasteiger partial charge >= 0.3 is 0 Å². The number of thiophene rings is 1. The van der Waals surface area contributed by atoms with Crippen molar-refractivity contribution < 1.29 is 4.79 Å². The average molecular weight is 529 g/mol. The standard InChI is InChI=1S/C28H24N4OS3/c1-18-11-13-20(14-12-18)25-17-35-27(24(25)16-29)32-26(33)19(2)36-23-10-6-9-22(15-23)31-28(34)30-21-7-4-3-5-8-21/h3-15,17,19H,1-2H3,(H,32,33)(H2,30,31,34). The number of aryl methyl sites for hydroxylation is 1. The Morgan fingerprint density at radius 2 is 1.67 bits per heavy atom. The van der Waals surface area contributed by atoms with Crippen LogP contribution in [0.15, 0.2) is 89.1 Å². The van der Waals surface area contributed by atoms with E-state index in [1.54, 1.807) is 0 Å². The number of benzene rings is 3. The van der Waals surface area contributed by atoms with Crippen molar-refractivity contribution in [1.29, 1.82) is 5.26 Å². The van der Waals surface area contributed by atoms with Crippen LogP contribution in [-0.2, 0) is 4.79 Å². The molecule has 180 valence electrons. The van der Waals surface area contributed by atoms with Crippen LogP contribution in [0.5, 0.6) is 0 Å². The Bertz CT molecular complexity index is 1410. The predicted octanol–water partition coefficient (Wildman–Crippen LogP) is 7.52. The topological polar surface area (TPSA) is 77.0 Å². The largest absolute Gasteiger partial charge is 0.332 e. The van der Waals surface area contributed by atoms with Gasteiger partial charge in [0.15, 0.2) is 5.11 Å². The van der Waals surface area contributed by atoms with Gasteiger partial charge in [0.1, 0.15) is 11.1 Å². The van der Waals surface area contributed by atoms with E-state index in [0.29, 0.717) is 15.7 Å². The van der Waals surface area contributed by atoms with E-state index < -0.39 is 0 Å². The number of carbonyl (C=O) groups is 1. The highest BCUT2D eigenvalue weighted by Crippen LogP contribution is 2.36. The highest BCUT2D eigenvalue weighted by atomic mass is 32.2. The lowest BCUT2D eigenvalue weighted by molar-refractivity contribution is -0.115. The lowest BCUT2D eigenvalue weighted by Gasteiger charge is -2.14. The van der Waals surface area contributed by atoms with E-state index in [1.165, 1.54) is 23.1 Å². The number of anilines is 3. The maximum absolute atomic E-state index is 13.0. The molecular formula is C28H24N4OS3. The maximum Gasteiger partial charge on any atom is 0.238 e. The van der Waals surface area contributed by atoms with Gasteiger partial charge in [-0.15, -0.1) is 23.1 Å². The number of hydrogen-bond donors (Lipinski definition) is 3. The highest BCUT2D eigenvalue weighted by molar-refractivity contribution is 8.00. The van der Waals surface area contributed by atoms with Crippen LogP contribution in [0.4, 0.5) is 16.4 Å². The van der Waals surface area contributed by atoms with Crippen LogP contribution in [-0.4, -0.2) is 16.3 Å². The fourth-order valence-electron chi connectivity index (χ4n) is 3.44. The quantitative estimate of drug-likeness (QED) is 0.170. The van der Waals surface area contributed by atoms with Gasteiger partial charge in [-0.25, -0.2) is 0 Å². The Morgan fingerprint density at radius 1 is 0.972 bits per heavy atom. The van der Waals surface area contributed by atoms with Crippen molar-refractivity contribution in [3.63, 3.8) is 0 Å². The van der Waals surface area contributed by atoms with Gasteiger partial charge in [-0.1, -0.05) is 54.1 Å². The number of thiocarbonyl (C=S) groups is 1. The fraction of sp³-hybridized carbons (Fsp3) is 0.107. The monoisotopic (exact) mass is 528 g/mol. The molecule has 4 rings (SSSR count). The number of carbonyl (C=O) groups excluding carboxylic acids is 1. The number of nitrogens with zero attached hydrogens (tertiary/aromatic N) is 1. The third-order valence-corrected chi connectivity index (χ3v) is 7.50. The summed E-state index contributed by atoms with van der Waals surface area (Å²) in [5.41, 5.74) is 5.16. The third-order valence-electron chi connectivity index (χ3n) is 5.31. The van der Waals surface area contributed by atoms with Gasteiger partial charge in [-0.3, -0.25) is 4.79 Å². The van der Waals surface area contributed by atoms with E-state index >= 15 is 0 Å². The van der Waals surface area contributed by atoms with Crippen molar-refractivity contribution in [2.24, 2.45) is 0 Å². The van der Waals surface area contributed by atoms with Gasteiger partial charge < -0.3 is 16.0 Å². The van der Waals surface area contributed by atoms with Crippen LogP contribution >= 0.6 is 35.3 Å². The molecule has 0 fully saturated rings. The molecule has 8 heteroatoms. The van der Waals surface area contributed by atoms with Gasteiger partial charge in [0.25, 0.3) is 0 Å². The molecule has 3 N–H and O–H groups in total. The molecule has 1 heterocycles. The molecule has 1 aromatic heterocycles. The smallest absolute Gasteiger partial charge is 0.238 e. The van der Waals surface area contributed by atoms with E-state index in [0.717, 1.165) is 33.0 Å². The van der Waals surface area contributed by atoms with Crippen LogP contribution in [0.1, 0.15) is 18.1 Å². The number of nitriles is 1. The minimum absolute atomic E-state index is 0.159. The molecule has 0 aliphatic carbocycles. The highest BCUT2D eigenvalue weighted by Gasteiger charge is 2.20. The molecule has 3 aromatic carbocycles. The summed E-state index contributed by atoms with van der Waals surface area (Å²) in [4.78, 5) is 13.9. The number of amides is 1. The maximum atomic E-state index is 13.0. The Labute approximate surface area is 224 Å². The average Bonchev–Trinajstić information content (AvgIpc) is 3.27. The molecule has 1 atom stereocenters. The van der Waals surface area contributed by atoms with E-state index in [4.69, 9.17) is 12.2 Å². The molecule has 0 aliphatic rings. The van der Waals surface area contributed by atoms with Crippen molar-refractivity contribution in [1.82, 2.24) is 0 Å². The zero-order valence-corrected chi connectivity index (χ0v) is 22.2. The van der Waals surface area contributed by atoms with Crippen LogP contribution < -0.4 is 16.0 Å². The second-order valence-electron chi connectivity index (χ2n) is 8.05. The summed E-state index contributed by atoms with van der Waals surface area (Å²) < 4.78 is 0. The first-order chi connectivity index (χ1) is 17.4. The normalized spacial score (nSPS) is 11.2. The van der Waals surface area contributed by atoms with Gasteiger partial charge in [0.05, 0.1) is 10.8 Å². The Hall–Kier alpha value is -3.64. The van der Waals surface area contributed by atoms with E-state index in [1.807, 2.05) is 98.1 Å². The molecule has 1 amide bonds. The Balaban J connectivity index is 1.39. The summed E-state index contributed by atoms with van der Waals surface area (Å²) in [5.74, 6) is -0.159. The molecule has 0 aliphatic heterocycles. The van der Waals surface area contributed by atoms with E-state index in [-0.39, 0.29) is 11.2 Å². The predicted molar refractivity (Wildman–Crippen MR) is 156 cm³/mol. The molecule has 0 spiro atoms. The molecule has 4 aromatic rings. The zero-order chi connectivity index (χ0) is 25.5. The number of thioether (sulfide) groups is 1.